The van der Waals surface area contributed by atoms with Gasteiger partial charge in [0.1, 0.15) is 0 Å². The van der Waals surface area contributed by atoms with E-state index in [2.05, 4.69) is 25.7 Å². The van der Waals surface area contributed by atoms with Gasteiger partial charge in [0, 0.05) is 12.2 Å². The van der Waals surface area contributed by atoms with Crippen LogP contribution in [0.2, 0.25) is 0 Å². The van der Waals surface area contributed by atoms with Crippen molar-refractivity contribution in [3.8, 4) is 6.07 Å². The number of alkyl halides is 3. The summed E-state index contributed by atoms with van der Waals surface area (Å²) in [6.07, 6.45) is 2.47. The van der Waals surface area contributed by atoms with Crippen LogP contribution in [0.4, 0.5) is 18.9 Å². The first-order valence-corrected chi connectivity index (χ1v) is 10.3. The lowest BCUT2D eigenvalue weighted by Gasteiger charge is -2.31. The van der Waals surface area contributed by atoms with Crippen molar-refractivity contribution in [3.05, 3.63) is 42.0 Å². The molecule has 3 nitrogen and oxygen atoms in total. The van der Waals surface area contributed by atoms with E-state index in [1.807, 2.05) is 20.8 Å². The third-order valence-electron chi connectivity index (χ3n) is 3.96. The zero-order chi connectivity index (χ0) is 22.9. The zero-order valence-corrected chi connectivity index (χ0v) is 18.4. The molecule has 0 aliphatic heterocycles. The van der Waals surface area contributed by atoms with E-state index < -0.39 is 11.7 Å². The van der Waals surface area contributed by atoms with Gasteiger partial charge in [0.25, 0.3) is 0 Å². The zero-order valence-electron chi connectivity index (χ0n) is 18.4. The Bertz CT molecular complexity index is 587. The minimum atomic E-state index is -4.51. The summed E-state index contributed by atoms with van der Waals surface area (Å²) in [6, 6.07) is 5.00. The van der Waals surface area contributed by atoms with E-state index in [-0.39, 0.29) is 11.7 Å². The largest absolute Gasteiger partial charge is 0.417 e. The van der Waals surface area contributed by atoms with Crippen LogP contribution < -0.4 is 5.32 Å². The summed E-state index contributed by atoms with van der Waals surface area (Å²) in [6.45, 7) is 14.3. The lowest BCUT2D eigenvalue weighted by Crippen LogP contribution is -2.33. The highest BCUT2D eigenvalue weighted by molar-refractivity contribution is 5.53. The molecule has 1 aliphatic carbocycles. The number of aliphatic hydroxyl groups is 1. The Kier molecular flexibility index (Phi) is 17.0. The van der Waals surface area contributed by atoms with Crippen molar-refractivity contribution in [2.75, 3.05) is 11.9 Å². The number of benzene rings is 1. The van der Waals surface area contributed by atoms with Gasteiger partial charge in [-0.1, -0.05) is 53.0 Å². The maximum atomic E-state index is 12.6. The number of nitrogens with zero attached hydrogens (tertiary/aromatic N) is 1. The number of allylic oxidation sites excluding steroid dienone is 1. The van der Waals surface area contributed by atoms with Crippen LogP contribution in [0.15, 0.2) is 30.9 Å². The Balaban J connectivity index is 0. The molecule has 0 spiro atoms. The lowest BCUT2D eigenvalue weighted by molar-refractivity contribution is -0.137. The van der Waals surface area contributed by atoms with Gasteiger partial charge in [0.15, 0.2) is 0 Å². The Hall–Kier alpha value is -2.00. The second kappa shape index (κ2) is 16.9. The molecule has 0 bridgehead atoms. The van der Waals surface area contributed by atoms with Crippen LogP contribution in [0.1, 0.15) is 77.8 Å². The summed E-state index contributed by atoms with van der Waals surface area (Å²) >= 11 is 0. The first-order chi connectivity index (χ1) is 13.7. The second-order valence-corrected chi connectivity index (χ2v) is 6.50. The SMILES string of the molecule is C=CC.CC.CCCCC.N#Cc1cc(NCC2CC(O)C2)ccc1C(F)(F)F. The number of hydrogen-bond acceptors (Lipinski definition) is 3. The van der Waals surface area contributed by atoms with Gasteiger partial charge in [0.2, 0.25) is 0 Å². The first-order valence-electron chi connectivity index (χ1n) is 10.3. The summed E-state index contributed by atoms with van der Waals surface area (Å²) in [5.74, 6) is 0.336. The summed E-state index contributed by atoms with van der Waals surface area (Å²) in [5, 5.41) is 20.9. The minimum Gasteiger partial charge on any atom is -0.393 e. The first kappa shape index (κ1) is 29.2. The number of rotatable bonds is 5. The molecule has 0 radical (unpaired) electrons. The van der Waals surface area contributed by atoms with E-state index in [0.29, 0.717) is 31.0 Å². The van der Waals surface area contributed by atoms with Crippen molar-refractivity contribution >= 4 is 5.69 Å². The maximum absolute atomic E-state index is 12.6. The van der Waals surface area contributed by atoms with Crippen molar-refractivity contribution in [3.63, 3.8) is 0 Å². The molecule has 6 heteroatoms. The third-order valence-corrected chi connectivity index (χ3v) is 3.96. The van der Waals surface area contributed by atoms with Gasteiger partial charge < -0.3 is 10.4 Å². The quantitative estimate of drug-likeness (QED) is 0.502. The van der Waals surface area contributed by atoms with Crippen LogP contribution in [0, 0.1) is 17.2 Å². The molecule has 0 saturated heterocycles. The Morgan fingerprint density at radius 3 is 2.10 bits per heavy atom. The Labute approximate surface area is 174 Å². The molecule has 1 aromatic carbocycles. The van der Waals surface area contributed by atoms with Gasteiger partial charge in [-0.2, -0.15) is 18.4 Å². The molecule has 1 fully saturated rings. The van der Waals surface area contributed by atoms with Gasteiger partial charge in [-0.05, 0) is 43.9 Å². The average molecular weight is 415 g/mol. The summed E-state index contributed by atoms with van der Waals surface area (Å²) < 4.78 is 37.8. The van der Waals surface area contributed by atoms with Gasteiger partial charge in [-0.15, -0.1) is 6.58 Å². The van der Waals surface area contributed by atoms with E-state index >= 15 is 0 Å². The van der Waals surface area contributed by atoms with Crippen LogP contribution in [0.25, 0.3) is 0 Å². The molecule has 0 unspecified atom stereocenters. The highest BCUT2D eigenvalue weighted by Gasteiger charge is 2.33. The van der Waals surface area contributed by atoms with Crippen molar-refractivity contribution in [1.82, 2.24) is 0 Å². The molecule has 2 N–H and O–H groups in total. The predicted molar refractivity (Wildman–Crippen MR) is 116 cm³/mol. The molecule has 0 atom stereocenters. The van der Waals surface area contributed by atoms with Gasteiger partial charge >= 0.3 is 6.18 Å². The number of hydrogen-bond donors (Lipinski definition) is 2. The van der Waals surface area contributed by atoms with E-state index in [4.69, 9.17) is 10.4 Å². The number of unbranched alkanes of at least 4 members (excludes halogenated alkanes) is 2. The number of nitriles is 1. The maximum Gasteiger partial charge on any atom is 0.417 e. The highest BCUT2D eigenvalue weighted by Crippen LogP contribution is 2.33. The molecule has 2 rings (SSSR count). The molecular formula is C23H37F3N2O. The van der Waals surface area contributed by atoms with E-state index in [1.54, 1.807) is 12.1 Å². The number of aliphatic hydroxyl groups excluding tert-OH is 1. The van der Waals surface area contributed by atoms with Crippen molar-refractivity contribution in [2.24, 2.45) is 5.92 Å². The summed E-state index contributed by atoms with van der Waals surface area (Å²) in [7, 11) is 0. The molecule has 1 saturated carbocycles. The van der Waals surface area contributed by atoms with Crippen molar-refractivity contribution in [2.45, 2.75) is 79.0 Å². The van der Waals surface area contributed by atoms with Crippen LogP contribution in [-0.4, -0.2) is 17.8 Å². The monoisotopic (exact) mass is 414 g/mol. The molecule has 29 heavy (non-hydrogen) atoms. The van der Waals surface area contributed by atoms with Crippen molar-refractivity contribution < 1.29 is 18.3 Å². The number of anilines is 1. The molecule has 0 heterocycles. The Morgan fingerprint density at radius 1 is 1.24 bits per heavy atom. The fraction of sp³-hybridized carbons (Fsp3) is 0.609. The van der Waals surface area contributed by atoms with Crippen LogP contribution in [0.3, 0.4) is 0 Å². The van der Waals surface area contributed by atoms with E-state index in [1.165, 1.54) is 31.4 Å². The molecule has 0 amide bonds. The fourth-order valence-electron chi connectivity index (χ4n) is 2.48. The summed E-state index contributed by atoms with van der Waals surface area (Å²) in [5.41, 5.74) is -0.809. The standard InChI is InChI=1S/C13H13F3N2O.C5H12.C3H6.C2H6/c14-13(15,16)12-2-1-10(5-9(12)6-17)18-7-8-3-11(19)4-8;1-3-5-4-2;1-3-2;1-2/h1-2,5,8,11,18-19H,3-4,7H2;3-5H2,1-2H3;3H,1H2,2H3;1-2H3. The second-order valence-electron chi connectivity index (χ2n) is 6.50. The third kappa shape index (κ3) is 13.0. The molecule has 1 aliphatic rings. The van der Waals surface area contributed by atoms with E-state index in [0.717, 1.165) is 6.07 Å². The van der Waals surface area contributed by atoms with E-state index in [9.17, 15) is 13.2 Å². The van der Waals surface area contributed by atoms with Gasteiger partial charge in [0.05, 0.1) is 23.3 Å². The van der Waals surface area contributed by atoms with Gasteiger partial charge in [-0.3, -0.25) is 0 Å². The lowest BCUT2D eigenvalue weighted by atomic mass is 9.82. The minimum absolute atomic E-state index is 0.255. The highest BCUT2D eigenvalue weighted by atomic mass is 19.4. The molecule has 166 valence electrons. The van der Waals surface area contributed by atoms with Crippen LogP contribution in [0.5, 0.6) is 0 Å². The predicted octanol–water partition coefficient (Wildman–Crippen LogP) is 7.17. The number of halogens is 3. The van der Waals surface area contributed by atoms with Crippen LogP contribution in [-0.2, 0) is 6.18 Å². The smallest absolute Gasteiger partial charge is 0.393 e. The van der Waals surface area contributed by atoms with Gasteiger partial charge in [-0.25, -0.2) is 0 Å². The van der Waals surface area contributed by atoms with Crippen molar-refractivity contribution in [1.29, 1.82) is 5.26 Å². The summed E-state index contributed by atoms with van der Waals surface area (Å²) in [4.78, 5) is 0. The average Bonchev–Trinajstić information content (AvgIpc) is 2.66. The number of nitrogens with one attached hydrogen (secondary N) is 1. The Morgan fingerprint density at radius 2 is 1.76 bits per heavy atom. The molecule has 1 aromatic rings. The normalized spacial score (nSPS) is 16.8. The fourth-order valence-corrected chi connectivity index (χ4v) is 2.48. The molecular weight excluding hydrogens is 377 g/mol. The topological polar surface area (TPSA) is 56.0 Å². The van der Waals surface area contributed by atoms with Crippen LogP contribution >= 0.6 is 0 Å². The molecule has 0 aromatic heterocycles.